The molecule has 0 aliphatic carbocycles. The number of halogens is 1. The monoisotopic (exact) mass is 306 g/mol. The summed E-state index contributed by atoms with van der Waals surface area (Å²) in [5.74, 6) is 0.671. The van der Waals surface area contributed by atoms with Crippen LogP contribution in [0, 0.1) is 0 Å². The van der Waals surface area contributed by atoms with Gasteiger partial charge in [-0.1, -0.05) is 18.5 Å². The molecule has 1 fully saturated rings. The normalized spacial score (nSPS) is 17.2. The van der Waals surface area contributed by atoms with Gasteiger partial charge in [0, 0.05) is 24.7 Å². The lowest BCUT2D eigenvalue weighted by atomic mass is 10.1. The molecule has 0 saturated carbocycles. The highest BCUT2D eigenvalue weighted by Crippen LogP contribution is 2.30. The Morgan fingerprint density at radius 3 is 2.86 bits per heavy atom. The predicted octanol–water partition coefficient (Wildman–Crippen LogP) is 3.04. The standard InChI is InChI=1S/C16H19ClN2O2/c1-2-19-7-4-12(5-8-19)21-15-9-11-3-6-18-16(20)13(11)10-14(15)17/h3,6,9-10,12H,2,4-5,7-8H2,1H3,(H,18,20). The number of nitrogens with one attached hydrogen (secondary N) is 1. The van der Waals surface area contributed by atoms with Gasteiger partial charge >= 0.3 is 0 Å². The number of benzene rings is 1. The first-order chi connectivity index (χ1) is 10.2. The van der Waals surface area contributed by atoms with E-state index in [4.69, 9.17) is 16.3 Å². The number of nitrogens with zero attached hydrogens (tertiary/aromatic N) is 1. The lowest BCUT2D eigenvalue weighted by Gasteiger charge is -2.31. The van der Waals surface area contributed by atoms with Crippen LogP contribution in [0.1, 0.15) is 19.8 Å². The SMILES string of the molecule is CCN1CCC(Oc2cc3cc[nH]c(=O)c3cc2Cl)CC1. The second-order valence-corrected chi connectivity index (χ2v) is 5.84. The van der Waals surface area contributed by atoms with Crippen molar-refractivity contribution in [3.8, 4) is 5.75 Å². The maximum Gasteiger partial charge on any atom is 0.255 e. The van der Waals surface area contributed by atoms with Crippen molar-refractivity contribution in [1.82, 2.24) is 9.88 Å². The molecular formula is C16H19ClN2O2. The Bertz CT molecular complexity index is 690. The van der Waals surface area contributed by atoms with Crippen molar-refractivity contribution < 1.29 is 4.74 Å². The van der Waals surface area contributed by atoms with Gasteiger partial charge in [0.1, 0.15) is 11.9 Å². The van der Waals surface area contributed by atoms with Crippen LogP contribution in [0.3, 0.4) is 0 Å². The molecule has 1 saturated heterocycles. The molecule has 112 valence electrons. The zero-order chi connectivity index (χ0) is 14.8. The smallest absolute Gasteiger partial charge is 0.255 e. The molecule has 1 aliphatic rings. The fourth-order valence-corrected chi connectivity index (χ4v) is 3.01. The zero-order valence-electron chi connectivity index (χ0n) is 12.1. The van der Waals surface area contributed by atoms with Gasteiger partial charge in [0.15, 0.2) is 0 Å². The molecule has 1 aromatic heterocycles. The minimum absolute atomic E-state index is 0.128. The highest BCUT2D eigenvalue weighted by molar-refractivity contribution is 6.32. The van der Waals surface area contributed by atoms with E-state index in [0.29, 0.717) is 16.2 Å². The van der Waals surface area contributed by atoms with Gasteiger partial charge in [-0.2, -0.15) is 0 Å². The third kappa shape index (κ3) is 3.06. The predicted molar refractivity (Wildman–Crippen MR) is 85.3 cm³/mol. The van der Waals surface area contributed by atoms with Crippen LogP contribution in [0.4, 0.5) is 0 Å². The minimum atomic E-state index is -0.128. The lowest BCUT2D eigenvalue weighted by molar-refractivity contribution is 0.104. The van der Waals surface area contributed by atoms with Crippen molar-refractivity contribution in [1.29, 1.82) is 0 Å². The molecule has 0 atom stereocenters. The van der Waals surface area contributed by atoms with E-state index >= 15 is 0 Å². The van der Waals surface area contributed by atoms with E-state index in [9.17, 15) is 4.79 Å². The van der Waals surface area contributed by atoms with Crippen LogP contribution >= 0.6 is 11.6 Å². The summed E-state index contributed by atoms with van der Waals surface area (Å²) in [5.41, 5.74) is -0.128. The van der Waals surface area contributed by atoms with E-state index in [1.165, 1.54) is 0 Å². The molecule has 2 aromatic rings. The molecular weight excluding hydrogens is 288 g/mol. The van der Waals surface area contributed by atoms with Crippen LogP contribution in [-0.4, -0.2) is 35.6 Å². The first kappa shape index (κ1) is 14.4. The van der Waals surface area contributed by atoms with E-state index in [2.05, 4.69) is 16.8 Å². The third-order valence-corrected chi connectivity index (χ3v) is 4.40. The molecule has 4 nitrogen and oxygen atoms in total. The summed E-state index contributed by atoms with van der Waals surface area (Å²) in [6.07, 6.45) is 3.86. The molecule has 3 rings (SSSR count). The molecule has 1 N–H and O–H groups in total. The summed E-state index contributed by atoms with van der Waals surface area (Å²) in [7, 11) is 0. The molecule has 1 aliphatic heterocycles. The number of aromatic nitrogens is 1. The van der Waals surface area contributed by atoms with Gasteiger partial charge in [-0.15, -0.1) is 0 Å². The van der Waals surface area contributed by atoms with Crippen molar-refractivity contribution in [2.24, 2.45) is 0 Å². The number of piperidine rings is 1. The van der Waals surface area contributed by atoms with Crippen molar-refractivity contribution in [3.63, 3.8) is 0 Å². The van der Waals surface area contributed by atoms with Crippen LogP contribution in [0.5, 0.6) is 5.75 Å². The van der Waals surface area contributed by atoms with Crippen molar-refractivity contribution in [2.75, 3.05) is 19.6 Å². The molecule has 5 heteroatoms. The van der Waals surface area contributed by atoms with E-state index < -0.39 is 0 Å². The molecule has 2 heterocycles. The third-order valence-electron chi connectivity index (χ3n) is 4.10. The van der Waals surface area contributed by atoms with Gasteiger partial charge in [0.25, 0.3) is 5.56 Å². The molecule has 0 spiro atoms. The van der Waals surface area contributed by atoms with Crippen LogP contribution in [0.25, 0.3) is 10.8 Å². The van der Waals surface area contributed by atoms with E-state index in [0.717, 1.165) is 37.9 Å². The second kappa shape index (κ2) is 6.08. The molecule has 0 amide bonds. The number of rotatable bonds is 3. The van der Waals surface area contributed by atoms with E-state index in [1.807, 2.05) is 12.1 Å². The summed E-state index contributed by atoms with van der Waals surface area (Å²) in [5, 5.41) is 1.94. The summed E-state index contributed by atoms with van der Waals surface area (Å²) >= 11 is 6.26. The van der Waals surface area contributed by atoms with Gasteiger partial charge in [-0.05, 0) is 43.0 Å². The molecule has 21 heavy (non-hydrogen) atoms. The van der Waals surface area contributed by atoms with E-state index in [-0.39, 0.29) is 11.7 Å². The number of fused-ring (bicyclic) bond motifs is 1. The number of ether oxygens (including phenoxy) is 1. The number of H-pyrrole nitrogens is 1. The van der Waals surface area contributed by atoms with Gasteiger partial charge in [-0.25, -0.2) is 0 Å². The Kier molecular flexibility index (Phi) is 4.17. The Morgan fingerprint density at radius 1 is 1.38 bits per heavy atom. The van der Waals surface area contributed by atoms with Gasteiger partial charge in [0.05, 0.1) is 5.02 Å². The number of aromatic amines is 1. The van der Waals surface area contributed by atoms with Crippen LogP contribution in [0.2, 0.25) is 5.02 Å². The number of hydrogen-bond donors (Lipinski definition) is 1. The minimum Gasteiger partial charge on any atom is -0.489 e. The fourth-order valence-electron chi connectivity index (χ4n) is 2.80. The van der Waals surface area contributed by atoms with Crippen LogP contribution < -0.4 is 10.3 Å². The average Bonchev–Trinajstić information content (AvgIpc) is 2.50. The first-order valence-corrected chi connectivity index (χ1v) is 7.75. The van der Waals surface area contributed by atoms with Gasteiger partial charge in [0.2, 0.25) is 0 Å². The maximum absolute atomic E-state index is 11.7. The quantitative estimate of drug-likeness (QED) is 0.948. The Balaban J connectivity index is 1.81. The summed E-state index contributed by atoms with van der Waals surface area (Å²) < 4.78 is 6.06. The summed E-state index contributed by atoms with van der Waals surface area (Å²) in [4.78, 5) is 16.8. The van der Waals surface area contributed by atoms with Crippen molar-refractivity contribution >= 4 is 22.4 Å². The number of pyridine rings is 1. The van der Waals surface area contributed by atoms with Crippen molar-refractivity contribution in [2.45, 2.75) is 25.9 Å². The average molecular weight is 307 g/mol. The Labute approximate surface area is 128 Å². The zero-order valence-corrected chi connectivity index (χ0v) is 12.8. The summed E-state index contributed by atoms with van der Waals surface area (Å²) in [6, 6.07) is 5.41. The number of hydrogen-bond acceptors (Lipinski definition) is 3. The summed E-state index contributed by atoms with van der Waals surface area (Å²) in [6.45, 7) is 5.39. The molecule has 1 aromatic carbocycles. The topological polar surface area (TPSA) is 45.3 Å². The Hall–Kier alpha value is -1.52. The van der Waals surface area contributed by atoms with Crippen molar-refractivity contribution in [3.05, 3.63) is 39.8 Å². The highest BCUT2D eigenvalue weighted by atomic mass is 35.5. The molecule has 0 unspecified atom stereocenters. The van der Waals surface area contributed by atoms with Crippen LogP contribution in [-0.2, 0) is 0 Å². The fraction of sp³-hybridized carbons (Fsp3) is 0.438. The lowest BCUT2D eigenvalue weighted by Crippen LogP contribution is -2.38. The second-order valence-electron chi connectivity index (χ2n) is 5.43. The Morgan fingerprint density at radius 2 is 2.14 bits per heavy atom. The van der Waals surface area contributed by atoms with Gasteiger partial charge < -0.3 is 14.6 Å². The van der Waals surface area contributed by atoms with Crippen LogP contribution in [0.15, 0.2) is 29.2 Å². The maximum atomic E-state index is 11.7. The molecule has 0 bridgehead atoms. The number of likely N-dealkylation sites (tertiary alicyclic amines) is 1. The van der Waals surface area contributed by atoms with E-state index in [1.54, 1.807) is 12.3 Å². The first-order valence-electron chi connectivity index (χ1n) is 7.37. The molecule has 0 radical (unpaired) electrons. The largest absolute Gasteiger partial charge is 0.489 e. The highest BCUT2D eigenvalue weighted by Gasteiger charge is 2.20. The van der Waals surface area contributed by atoms with Gasteiger partial charge in [-0.3, -0.25) is 4.79 Å².